The summed E-state index contributed by atoms with van der Waals surface area (Å²) in [4.78, 5) is 4.44. The number of guanidine groups is 1. The molecule has 1 fully saturated rings. The smallest absolute Gasteiger partial charge is 0.191 e. The predicted molar refractivity (Wildman–Crippen MR) is 105 cm³/mol. The summed E-state index contributed by atoms with van der Waals surface area (Å²) in [5.41, 5.74) is 0.691. The van der Waals surface area contributed by atoms with Crippen molar-refractivity contribution in [2.75, 3.05) is 39.5 Å². The van der Waals surface area contributed by atoms with Gasteiger partial charge in [-0.15, -0.1) is 0 Å². The van der Waals surface area contributed by atoms with Crippen LogP contribution in [-0.4, -0.2) is 56.6 Å². The fourth-order valence-electron chi connectivity index (χ4n) is 2.73. The molecule has 7 heteroatoms. The second kappa shape index (κ2) is 12.1. The van der Waals surface area contributed by atoms with E-state index in [2.05, 4.69) is 15.6 Å². The van der Waals surface area contributed by atoms with Gasteiger partial charge in [-0.25, -0.2) is 0 Å². The van der Waals surface area contributed by atoms with Crippen molar-refractivity contribution >= 4 is 17.6 Å². The number of ether oxygens (including phenoxy) is 2. The van der Waals surface area contributed by atoms with Gasteiger partial charge in [-0.1, -0.05) is 29.8 Å². The number of hydrogen-bond donors (Lipinski definition) is 3. The molecule has 3 N–H and O–H groups in total. The number of aliphatic imine (C=N–C) groups is 1. The lowest BCUT2D eigenvalue weighted by Gasteiger charge is -2.14. The Morgan fingerprint density at radius 3 is 3.00 bits per heavy atom. The quantitative estimate of drug-likeness (QED) is 0.329. The van der Waals surface area contributed by atoms with Gasteiger partial charge < -0.3 is 25.2 Å². The van der Waals surface area contributed by atoms with Gasteiger partial charge in [0.05, 0.1) is 19.3 Å². The molecule has 1 aromatic carbocycles. The van der Waals surface area contributed by atoms with Crippen LogP contribution in [0.25, 0.3) is 0 Å². The number of nitrogens with zero attached hydrogens (tertiary/aromatic N) is 1. The second-order valence-electron chi connectivity index (χ2n) is 6.25. The van der Waals surface area contributed by atoms with E-state index in [1.54, 1.807) is 6.07 Å². The Bertz CT molecular complexity index is 551. The van der Waals surface area contributed by atoms with Crippen LogP contribution in [0, 0.1) is 0 Å². The molecule has 2 rings (SSSR count). The van der Waals surface area contributed by atoms with E-state index in [-0.39, 0.29) is 12.6 Å². The average Bonchev–Trinajstić information content (AvgIpc) is 3.16. The Morgan fingerprint density at radius 2 is 2.27 bits per heavy atom. The molecule has 0 amide bonds. The van der Waals surface area contributed by atoms with Gasteiger partial charge in [0.25, 0.3) is 0 Å². The van der Waals surface area contributed by atoms with E-state index in [0.717, 1.165) is 39.0 Å². The molecular weight excluding hydrogens is 354 g/mol. The van der Waals surface area contributed by atoms with E-state index in [4.69, 9.17) is 21.1 Å². The van der Waals surface area contributed by atoms with Crippen LogP contribution >= 0.6 is 11.6 Å². The number of halogens is 1. The van der Waals surface area contributed by atoms with Crippen molar-refractivity contribution in [1.29, 1.82) is 0 Å². The first kappa shape index (κ1) is 21.0. The van der Waals surface area contributed by atoms with E-state index >= 15 is 0 Å². The Kier molecular flexibility index (Phi) is 9.77. The number of hydrogen-bond acceptors (Lipinski definition) is 4. The van der Waals surface area contributed by atoms with Crippen LogP contribution in [0.1, 0.15) is 37.9 Å². The van der Waals surface area contributed by atoms with Crippen molar-refractivity contribution in [3.63, 3.8) is 0 Å². The standard InChI is InChI=1S/C19H30ClN3O3/c1-2-21-19(22-10-6-11-25-14-15-7-5-12-26-15)23-13-18(24)16-8-3-4-9-17(16)20/h3-4,8-9,15,18,24H,2,5-7,10-14H2,1H3,(H2,21,22,23). The zero-order valence-electron chi connectivity index (χ0n) is 15.4. The van der Waals surface area contributed by atoms with Crippen LogP contribution in [0.15, 0.2) is 29.3 Å². The van der Waals surface area contributed by atoms with Crippen molar-refractivity contribution in [1.82, 2.24) is 10.6 Å². The maximum Gasteiger partial charge on any atom is 0.191 e. The maximum absolute atomic E-state index is 10.3. The van der Waals surface area contributed by atoms with Crippen molar-refractivity contribution in [3.05, 3.63) is 34.9 Å². The molecule has 146 valence electrons. The summed E-state index contributed by atoms with van der Waals surface area (Å²) in [5.74, 6) is 0.678. The molecule has 6 nitrogen and oxygen atoms in total. The predicted octanol–water partition coefficient (Wildman–Crippen LogP) is 2.51. The zero-order chi connectivity index (χ0) is 18.6. The Hall–Kier alpha value is -1.34. The number of nitrogens with one attached hydrogen (secondary N) is 2. The molecule has 2 unspecified atom stereocenters. The van der Waals surface area contributed by atoms with E-state index in [0.29, 0.717) is 29.8 Å². The van der Waals surface area contributed by atoms with Crippen molar-refractivity contribution < 1.29 is 14.6 Å². The minimum absolute atomic E-state index is 0.245. The third kappa shape index (κ3) is 7.50. The van der Waals surface area contributed by atoms with Crippen LogP contribution < -0.4 is 10.6 Å². The summed E-state index contributed by atoms with van der Waals surface area (Å²) in [5, 5.41) is 17.3. The highest BCUT2D eigenvalue weighted by Crippen LogP contribution is 2.22. The summed E-state index contributed by atoms with van der Waals surface area (Å²) in [7, 11) is 0. The van der Waals surface area contributed by atoms with Crippen molar-refractivity contribution in [2.24, 2.45) is 4.99 Å². The van der Waals surface area contributed by atoms with Crippen LogP contribution in [0.3, 0.4) is 0 Å². The van der Waals surface area contributed by atoms with E-state index < -0.39 is 6.10 Å². The molecule has 1 heterocycles. The van der Waals surface area contributed by atoms with Gasteiger partial charge in [0.2, 0.25) is 0 Å². The van der Waals surface area contributed by atoms with E-state index in [1.807, 2.05) is 25.1 Å². The average molecular weight is 384 g/mol. The van der Waals surface area contributed by atoms with Crippen LogP contribution in [-0.2, 0) is 9.47 Å². The van der Waals surface area contributed by atoms with Gasteiger partial charge in [-0.2, -0.15) is 0 Å². The minimum Gasteiger partial charge on any atom is -0.386 e. The van der Waals surface area contributed by atoms with E-state index in [9.17, 15) is 5.11 Å². The molecule has 0 aliphatic carbocycles. The minimum atomic E-state index is -0.728. The molecule has 1 aliphatic rings. The topological polar surface area (TPSA) is 75.1 Å². The summed E-state index contributed by atoms with van der Waals surface area (Å²) in [6.07, 6.45) is 2.66. The fourth-order valence-corrected chi connectivity index (χ4v) is 3.00. The maximum atomic E-state index is 10.3. The molecule has 0 radical (unpaired) electrons. The lowest BCUT2D eigenvalue weighted by molar-refractivity contribution is 0.0168. The number of aliphatic hydroxyl groups excluding tert-OH is 1. The first-order chi connectivity index (χ1) is 12.7. The molecule has 0 saturated carbocycles. The lowest BCUT2D eigenvalue weighted by atomic mass is 10.1. The monoisotopic (exact) mass is 383 g/mol. The van der Waals surface area contributed by atoms with Gasteiger partial charge >= 0.3 is 0 Å². The molecule has 0 bridgehead atoms. The molecule has 0 spiro atoms. The first-order valence-electron chi connectivity index (χ1n) is 9.34. The molecule has 1 saturated heterocycles. The van der Waals surface area contributed by atoms with Crippen molar-refractivity contribution in [2.45, 2.75) is 38.4 Å². The number of aliphatic hydroxyl groups is 1. The van der Waals surface area contributed by atoms with E-state index in [1.165, 1.54) is 0 Å². The van der Waals surface area contributed by atoms with Crippen LogP contribution in [0.4, 0.5) is 0 Å². The second-order valence-corrected chi connectivity index (χ2v) is 6.65. The molecule has 26 heavy (non-hydrogen) atoms. The SMILES string of the molecule is CCNC(=NCC(O)c1ccccc1Cl)NCCCOCC1CCCO1. The van der Waals surface area contributed by atoms with Crippen LogP contribution in [0.2, 0.25) is 5.02 Å². The first-order valence-corrected chi connectivity index (χ1v) is 9.72. The largest absolute Gasteiger partial charge is 0.386 e. The highest BCUT2D eigenvalue weighted by atomic mass is 35.5. The summed E-state index contributed by atoms with van der Waals surface area (Å²) in [6.45, 7) is 5.98. The highest BCUT2D eigenvalue weighted by Gasteiger charge is 2.15. The number of rotatable bonds is 10. The molecule has 2 atom stereocenters. The Labute approximate surface area is 160 Å². The highest BCUT2D eigenvalue weighted by molar-refractivity contribution is 6.31. The zero-order valence-corrected chi connectivity index (χ0v) is 16.2. The van der Waals surface area contributed by atoms with Gasteiger partial charge in [-0.05, 0) is 32.3 Å². The van der Waals surface area contributed by atoms with Gasteiger partial charge in [0.1, 0.15) is 6.10 Å². The van der Waals surface area contributed by atoms with Gasteiger partial charge in [0, 0.05) is 36.9 Å². The molecule has 0 aromatic heterocycles. The van der Waals surface area contributed by atoms with Crippen molar-refractivity contribution in [3.8, 4) is 0 Å². The Morgan fingerprint density at radius 1 is 1.42 bits per heavy atom. The lowest BCUT2D eigenvalue weighted by Crippen LogP contribution is -2.38. The molecule has 1 aliphatic heterocycles. The third-order valence-electron chi connectivity index (χ3n) is 4.12. The molecule has 1 aromatic rings. The Balaban J connectivity index is 1.67. The summed E-state index contributed by atoms with van der Waals surface area (Å²) >= 11 is 6.11. The normalized spacial score (nSPS) is 18.7. The summed E-state index contributed by atoms with van der Waals surface area (Å²) < 4.78 is 11.2. The van der Waals surface area contributed by atoms with Crippen LogP contribution in [0.5, 0.6) is 0 Å². The fraction of sp³-hybridized carbons (Fsp3) is 0.632. The molecular formula is C19H30ClN3O3. The third-order valence-corrected chi connectivity index (χ3v) is 4.46. The van der Waals surface area contributed by atoms with Gasteiger partial charge in [-0.3, -0.25) is 4.99 Å². The summed E-state index contributed by atoms with van der Waals surface area (Å²) in [6, 6.07) is 7.28. The van der Waals surface area contributed by atoms with Gasteiger partial charge in [0.15, 0.2) is 5.96 Å². The number of benzene rings is 1.